The summed E-state index contributed by atoms with van der Waals surface area (Å²) in [6.45, 7) is 5.01. The molecule has 0 radical (unpaired) electrons. The summed E-state index contributed by atoms with van der Waals surface area (Å²) < 4.78 is 5.72. The Labute approximate surface area is 126 Å². The summed E-state index contributed by atoms with van der Waals surface area (Å²) in [5.41, 5.74) is 0. The summed E-state index contributed by atoms with van der Waals surface area (Å²) in [7, 11) is 0. The standard InChI is InChI=1S/C18H24OS/c1-3-5-6-9-14-20-18-13-12-17(19-4-2)15-10-7-8-11-16(15)18/h7-8,10-13H,3-6,9,14H2,1-2H3. The molecule has 0 heterocycles. The van der Waals surface area contributed by atoms with E-state index in [1.165, 1.54) is 47.1 Å². The fourth-order valence-electron chi connectivity index (χ4n) is 2.36. The van der Waals surface area contributed by atoms with E-state index in [1.54, 1.807) is 0 Å². The maximum atomic E-state index is 5.72. The topological polar surface area (TPSA) is 9.23 Å². The lowest BCUT2D eigenvalue weighted by Gasteiger charge is -2.11. The second-order valence-corrected chi connectivity index (χ2v) is 6.09. The first kappa shape index (κ1) is 15.2. The fraction of sp³-hybridized carbons (Fsp3) is 0.444. The van der Waals surface area contributed by atoms with E-state index in [-0.39, 0.29) is 0 Å². The zero-order valence-electron chi connectivity index (χ0n) is 12.5. The molecule has 1 nitrogen and oxygen atoms in total. The normalized spacial score (nSPS) is 10.9. The maximum Gasteiger partial charge on any atom is 0.127 e. The smallest absolute Gasteiger partial charge is 0.127 e. The third-order valence-electron chi connectivity index (χ3n) is 3.40. The summed E-state index contributed by atoms with van der Waals surface area (Å²) in [6, 6.07) is 12.9. The lowest BCUT2D eigenvalue weighted by molar-refractivity contribution is 0.344. The first-order chi connectivity index (χ1) is 9.86. The van der Waals surface area contributed by atoms with Gasteiger partial charge in [-0.2, -0.15) is 0 Å². The van der Waals surface area contributed by atoms with Crippen molar-refractivity contribution in [2.45, 2.75) is 44.4 Å². The van der Waals surface area contributed by atoms with Gasteiger partial charge < -0.3 is 4.74 Å². The molecule has 0 unspecified atom stereocenters. The van der Waals surface area contributed by atoms with Gasteiger partial charge in [-0.1, -0.05) is 50.5 Å². The zero-order chi connectivity index (χ0) is 14.2. The van der Waals surface area contributed by atoms with E-state index < -0.39 is 0 Å². The molecule has 0 atom stereocenters. The molecule has 0 saturated heterocycles. The molecular formula is C18H24OS. The van der Waals surface area contributed by atoms with Gasteiger partial charge in [0.2, 0.25) is 0 Å². The highest BCUT2D eigenvalue weighted by Gasteiger charge is 2.06. The van der Waals surface area contributed by atoms with Gasteiger partial charge in [0.1, 0.15) is 5.75 Å². The van der Waals surface area contributed by atoms with E-state index in [2.05, 4.69) is 43.3 Å². The van der Waals surface area contributed by atoms with Crippen molar-refractivity contribution in [1.82, 2.24) is 0 Å². The second-order valence-electron chi connectivity index (χ2n) is 4.95. The van der Waals surface area contributed by atoms with Crippen molar-refractivity contribution in [3.05, 3.63) is 36.4 Å². The predicted molar refractivity (Wildman–Crippen MR) is 90.0 cm³/mol. The first-order valence-corrected chi connectivity index (χ1v) is 8.62. The summed E-state index contributed by atoms with van der Waals surface area (Å²) in [5, 5.41) is 2.55. The molecule has 0 N–H and O–H groups in total. The van der Waals surface area contributed by atoms with Crippen molar-refractivity contribution in [3.8, 4) is 5.75 Å². The molecule has 0 bridgehead atoms. The first-order valence-electron chi connectivity index (χ1n) is 7.64. The van der Waals surface area contributed by atoms with Gasteiger partial charge in [0.25, 0.3) is 0 Å². The molecule has 20 heavy (non-hydrogen) atoms. The summed E-state index contributed by atoms with van der Waals surface area (Å²) in [5.74, 6) is 2.20. The summed E-state index contributed by atoms with van der Waals surface area (Å²) >= 11 is 1.97. The Morgan fingerprint density at radius 1 is 0.900 bits per heavy atom. The Bertz CT molecular complexity index is 536. The van der Waals surface area contributed by atoms with Crippen molar-refractivity contribution < 1.29 is 4.74 Å². The number of hydrogen-bond acceptors (Lipinski definition) is 2. The second kappa shape index (κ2) is 8.21. The van der Waals surface area contributed by atoms with Crippen LogP contribution in [-0.4, -0.2) is 12.4 Å². The Balaban J connectivity index is 2.11. The Morgan fingerprint density at radius 2 is 1.70 bits per heavy atom. The molecule has 108 valence electrons. The van der Waals surface area contributed by atoms with Gasteiger partial charge in [-0.15, -0.1) is 11.8 Å². The average Bonchev–Trinajstić information content (AvgIpc) is 2.49. The molecule has 0 aliphatic carbocycles. The Kier molecular flexibility index (Phi) is 6.25. The average molecular weight is 288 g/mol. The van der Waals surface area contributed by atoms with E-state index >= 15 is 0 Å². The van der Waals surface area contributed by atoms with Crippen molar-refractivity contribution in [2.24, 2.45) is 0 Å². The van der Waals surface area contributed by atoms with Gasteiger partial charge in [0, 0.05) is 10.3 Å². The van der Waals surface area contributed by atoms with Crippen LogP contribution in [0.3, 0.4) is 0 Å². The fourth-order valence-corrected chi connectivity index (χ4v) is 3.43. The number of fused-ring (bicyclic) bond motifs is 1. The van der Waals surface area contributed by atoms with E-state index in [4.69, 9.17) is 4.74 Å². The van der Waals surface area contributed by atoms with Crippen LogP contribution in [0.15, 0.2) is 41.3 Å². The van der Waals surface area contributed by atoms with E-state index in [9.17, 15) is 0 Å². The molecule has 0 aliphatic rings. The number of ether oxygens (including phenoxy) is 1. The predicted octanol–water partition coefficient (Wildman–Crippen LogP) is 5.91. The van der Waals surface area contributed by atoms with Crippen molar-refractivity contribution in [2.75, 3.05) is 12.4 Å². The van der Waals surface area contributed by atoms with Gasteiger partial charge >= 0.3 is 0 Å². The van der Waals surface area contributed by atoms with Crippen molar-refractivity contribution in [3.63, 3.8) is 0 Å². The lowest BCUT2D eigenvalue weighted by atomic mass is 10.1. The highest BCUT2D eigenvalue weighted by atomic mass is 32.2. The highest BCUT2D eigenvalue weighted by Crippen LogP contribution is 2.34. The summed E-state index contributed by atoms with van der Waals surface area (Å²) in [6.07, 6.45) is 5.31. The molecule has 2 heteroatoms. The van der Waals surface area contributed by atoms with Crippen LogP contribution in [0.4, 0.5) is 0 Å². The molecule has 0 amide bonds. The number of benzene rings is 2. The largest absolute Gasteiger partial charge is 0.493 e. The minimum atomic E-state index is 0.716. The third kappa shape index (κ3) is 3.92. The van der Waals surface area contributed by atoms with E-state index in [1.807, 2.05) is 18.7 Å². The zero-order valence-corrected chi connectivity index (χ0v) is 13.3. The van der Waals surface area contributed by atoms with Crippen molar-refractivity contribution in [1.29, 1.82) is 0 Å². The molecular weight excluding hydrogens is 264 g/mol. The molecule has 0 aromatic heterocycles. The van der Waals surface area contributed by atoms with E-state index in [0.717, 1.165) is 5.75 Å². The van der Waals surface area contributed by atoms with Gasteiger partial charge in [0.05, 0.1) is 6.61 Å². The van der Waals surface area contributed by atoms with Crippen LogP contribution in [0.2, 0.25) is 0 Å². The van der Waals surface area contributed by atoms with Crippen LogP contribution < -0.4 is 4.74 Å². The van der Waals surface area contributed by atoms with Gasteiger partial charge in [-0.3, -0.25) is 0 Å². The molecule has 0 fully saturated rings. The van der Waals surface area contributed by atoms with Crippen LogP contribution in [0.1, 0.15) is 39.5 Å². The molecule has 2 aromatic carbocycles. The van der Waals surface area contributed by atoms with Crippen LogP contribution in [-0.2, 0) is 0 Å². The summed E-state index contributed by atoms with van der Waals surface area (Å²) in [4.78, 5) is 1.38. The SMILES string of the molecule is CCCCCCSc1ccc(OCC)c2ccccc12. The van der Waals surface area contributed by atoms with E-state index in [0.29, 0.717) is 6.61 Å². The molecule has 0 saturated carbocycles. The highest BCUT2D eigenvalue weighted by molar-refractivity contribution is 7.99. The van der Waals surface area contributed by atoms with Crippen LogP contribution in [0, 0.1) is 0 Å². The van der Waals surface area contributed by atoms with Gasteiger partial charge in [-0.05, 0) is 36.6 Å². The molecule has 2 rings (SSSR count). The van der Waals surface area contributed by atoms with Gasteiger partial charge in [-0.25, -0.2) is 0 Å². The monoisotopic (exact) mass is 288 g/mol. The third-order valence-corrected chi connectivity index (χ3v) is 4.56. The number of thioether (sulfide) groups is 1. The quantitative estimate of drug-likeness (QED) is 0.441. The molecule has 2 aromatic rings. The Hall–Kier alpha value is -1.15. The minimum Gasteiger partial charge on any atom is -0.493 e. The van der Waals surface area contributed by atoms with Crippen LogP contribution >= 0.6 is 11.8 Å². The number of hydrogen-bond donors (Lipinski definition) is 0. The Morgan fingerprint density at radius 3 is 2.45 bits per heavy atom. The van der Waals surface area contributed by atoms with Crippen molar-refractivity contribution >= 4 is 22.5 Å². The molecule has 0 aliphatic heterocycles. The lowest BCUT2D eigenvalue weighted by Crippen LogP contribution is -1.93. The van der Waals surface area contributed by atoms with Crippen LogP contribution in [0.5, 0.6) is 5.75 Å². The maximum absolute atomic E-state index is 5.72. The number of unbranched alkanes of at least 4 members (excludes halogenated alkanes) is 3. The van der Waals surface area contributed by atoms with Gasteiger partial charge in [0.15, 0.2) is 0 Å². The minimum absolute atomic E-state index is 0.716. The van der Waals surface area contributed by atoms with Crippen LogP contribution in [0.25, 0.3) is 10.8 Å². The molecule has 0 spiro atoms. The number of rotatable bonds is 8.